The Hall–Kier alpha value is -2.80. The van der Waals surface area contributed by atoms with Crippen molar-refractivity contribution in [1.29, 1.82) is 0 Å². The van der Waals surface area contributed by atoms with E-state index < -0.39 is 5.82 Å². The lowest BCUT2D eigenvalue weighted by molar-refractivity contribution is 0.0300. The number of hydrogen-bond donors (Lipinski definition) is 0. The van der Waals surface area contributed by atoms with Gasteiger partial charge in [0.2, 0.25) is 0 Å². The number of fused-ring (bicyclic) bond motifs is 1. The normalized spacial score (nSPS) is 15.0. The number of ether oxygens (including phenoxy) is 1. The first-order chi connectivity index (χ1) is 11.7. The van der Waals surface area contributed by atoms with Gasteiger partial charge in [-0.1, -0.05) is 0 Å². The van der Waals surface area contributed by atoms with Crippen LogP contribution in [0.2, 0.25) is 0 Å². The zero-order valence-electron chi connectivity index (χ0n) is 12.9. The number of hydrogen-bond acceptors (Lipinski definition) is 4. The topological polar surface area (TPSA) is 60.2 Å². The fourth-order valence-corrected chi connectivity index (χ4v) is 2.85. The van der Waals surface area contributed by atoms with Gasteiger partial charge in [-0.15, -0.1) is 0 Å². The van der Waals surface area contributed by atoms with Crippen molar-refractivity contribution in [3.05, 3.63) is 54.4 Å². The van der Waals surface area contributed by atoms with E-state index in [1.54, 1.807) is 27.9 Å². The summed E-state index contributed by atoms with van der Waals surface area (Å²) in [6.07, 6.45) is 4.95. The largest absolute Gasteiger partial charge is 0.378 e. The second-order valence-corrected chi connectivity index (χ2v) is 5.56. The third-order valence-electron chi connectivity index (χ3n) is 4.11. The maximum atomic E-state index is 14.5. The minimum Gasteiger partial charge on any atom is -0.378 e. The summed E-state index contributed by atoms with van der Waals surface area (Å²) in [5, 5.41) is 0.867. The van der Waals surface area contributed by atoms with Crippen LogP contribution in [0, 0.1) is 5.82 Å². The molecule has 0 atom stereocenters. The standard InChI is InChI=1S/C17H15FN4O2/c18-15-9-13(22-4-3-12-10-19-11-20-16(12)22)1-2-14(15)17(23)21-5-7-24-8-6-21/h1-4,9-11H,5-8H2. The molecule has 122 valence electrons. The van der Waals surface area contributed by atoms with E-state index in [4.69, 9.17) is 4.74 Å². The molecule has 1 aliphatic heterocycles. The van der Waals surface area contributed by atoms with Gasteiger partial charge in [-0.05, 0) is 24.3 Å². The van der Waals surface area contributed by atoms with E-state index in [1.807, 2.05) is 6.07 Å². The molecule has 0 bridgehead atoms. The van der Waals surface area contributed by atoms with E-state index in [9.17, 15) is 9.18 Å². The lowest BCUT2D eigenvalue weighted by atomic mass is 10.1. The quantitative estimate of drug-likeness (QED) is 0.723. The van der Waals surface area contributed by atoms with Crippen molar-refractivity contribution in [3.8, 4) is 5.69 Å². The predicted molar refractivity (Wildman–Crippen MR) is 85.5 cm³/mol. The summed E-state index contributed by atoms with van der Waals surface area (Å²) in [6, 6.07) is 6.46. The summed E-state index contributed by atoms with van der Waals surface area (Å²) in [6.45, 7) is 1.94. The van der Waals surface area contributed by atoms with Crippen LogP contribution in [0.1, 0.15) is 10.4 Å². The van der Waals surface area contributed by atoms with Crippen molar-refractivity contribution in [2.75, 3.05) is 26.3 Å². The molecule has 1 fully saturated rings. The van der Waals surface area contributed by atoms with Gasteiger partial charge in [0.05, 0.1) is 18.8 Å². The van der Waals surface area contributed by atoms with E-state index >= 15 is 0 Å². The third-order valence-corrected chi connectivity index (χ3v) is 4.11. The molecule has 1 aromatic carbocycles. The number of halogens is 1. The molecule has 6 nitrogen and oxygen atoms in total. The van der Waals surface area contributed by atoms with Gasteiger partial charge in [-0.2, -0.15) is 0 Å². The highest BCUT2D eigenvalue weighted by Gasteiger charge is 2.21. The molecule has 0 unspecified atom stereocenters. The maximum Gasteiger partial charge on any atom is 0.256 e. The van der Waals surface area contributed by atoms with Crippen molar-refractivity contribution < 1.29 is 13.9 Å². The summed E-state index contributed by atoms with van der Waals surface area (Å²) in [4.78, 5) is 22.2. The van der Waals surface area contributed by atoms with Gasteiger partial charge in [-0.25, -0.2) is 14.4 Å². The number of aromatic nitrogens is 3. The number of morpholine rings is 1. The third kappa shape index (κ3) is 2.52. The zero-order valence-corrected chi connectivity index (χ0v) is 12.9. The molecule has 1 aliphatic rings. The smallest absolute Gasteiger partial charge is 0.256 e. The van der Waals surface area contributed by atoms with E-state index in [0.717, 1.165) is 5.39 Å². The molecule has 0 saturated carbocycles. The molecule has 3 heterocycles. The van der Waals surface area contributed by atoms with Crippen molar-refractivity contribution in [2.24, 2.45) is 0 Å². The Kier molecular flexibility index (Phi) is 3.70. The van der Waals surface area contributed by atoms with Crippen LogP contribution in [0.5, 0.6) is 0 Å². The van der Waals surface area contributed by atoms with Crippen molar-refractivity contribution in [1.82, 2.24) is 19.4 Å². The van der Waals surface area contributed by atoms with Crippen LogP contribution < -0.4 is 0 Å². The first kappa shape index (κ1) is 14.8. The van der Waals surface area contributed by atoms with Crippen molar-refractivity contribution in [2.45, 2.75) is 0 Å². The SMILES string of the molecule is O=C(c1ccc(-n2ccc3cncnc32)cc1F)N1CCOCC1. The molecular weight excluding hydrogens is 311 g/mol. The fourth-order valence-electron chi connectivity index (χ4n) is 2.85. The number of nitrogens with zero attached hydrogens (tertiary/aromatic N) is 4. The molecule has 2 aromatic heterocycles. The number of carbonyl (C=O) groups excluding carboxylic acids is 1. The van der Waals surface area contributed by atoms with Crippen LogP contribution in [0.4, 0.5) is 4.39 Å². The number of rotatable bonds is 2. The fraction of sp³-hybridized carbons (Fsp3) is 0.235. The van der Waals surface area contributed by atoms with Crippen molar-refractivity contribution >= 4 is 16.9 Å². The van der Waals surface area contributed by atoms with Crippen LogP contribution in [0.25, 0.3) is 16.7 Å². The Balaban J connectivity index is 1.68. The van der Waals surface area contributed by atoms with Gasteiger partial charge in [0, 0.05) is 36.6 Å². The second-order valence-electron chi connectivity index (χ2n) is 5.56. The molecule has 7 heteroatoms. The average molecular weight is 326 g/mol. The summed E-state index contributed by atoms with van der Waals surface area (Å²) in [5.41, 5.74) is 1.38. The molecule has 24 heavy (non-hydrogen) atoms. The molecule has 1 saturated heterocycles. The molecule has 0 radical (unpaired) electrons. The Labute approximate surface area is 137 Å². The van der Waals surface area contributed by atoms with Crippen LogP contribution in [0.15, 0.2) is 43.0 Å². The number of carbonyl (C=O) groups is 1. The molecule has 1 amide bonds. The lowest BCUT2D eigenvalue weighted by Crippen LogP contribution is -2.41. The molecular formula is C17H15FN4O2. The Morgan fingerprint density at radius 2 is 2.04 bits per heavy atom. The highest BCUT2D eigenvalue weighted by atomic mass is 19.1. The summed E-state index contributed by atoms with van der Waals surface area (Å²) in [5.74, 6) is -0.845. The summed E-state index contributed by atoms with van der Waals surface area (Å²) >= 11 is 0. The minimum atomic E-state index is -0.542. The minimum absolute atomic E-state index is 0.0757. The maximum absolute atomic E-state index is 14.5. The van der Waals surface area contributed by atoms with Gasteiger partial charge in [0.1, 0.15) is 17.8 Å². The zero-order chi connectivity index (χ0) is 16.5. The Morgan fingerprint density at radius 3 is 2.83 bits per heavy atom. The number of benzene rings is 1. The van der Waals surface area contributed by atoms with Crippen LogP contribution in [0.3, 0.4) is 0 Å². The van der Waals surface area contributed by atoms with Crippen LogP contribution in [-0.4, -0.2) is 51.6 Å². The van der Waals surface area contributed by atoms with E-state index in [-0.39, 0.29) is 11.5 Å². The van der Waals surface area contributed by atoms with Gasteiger partial charge in [0.15, 0.2) is 0 Å². The highest BCUT2D eigenvalue weighted by Crippen LogP contribution is 2.21. The average Bonchev–Trinajstić information content (AvgIpc) is 3.06. The van der Waals surface area contributed by atoms with Gasteiger partial charge in [-0.3, -0.25) is 4.79 Å². The van der Waals surface area contributed by atoms with E-state index in [2.05, 4.69) is 9.97 Å². The summed E-state index contributed by atoms with van der Waals surface area (Å²) in [7, 11) is 0. The molecule has 0 aliphatic carbocycles. The predicted octanol–water partition coefficient (Wildman–Crippen LogP) is 2.03. The Bertz CT molecular complexity index is 902. The van der Waals surface area contributed by atoms with Gasteiger partial charge < -0.3 is 14.2 Å². The van der Waals surface area contributed by atoms with Crippen LogP contribution >= 0.6 is 0 Å². The monoisotopic (exact) mass is 326 g/mol. The van der Waals surface area contributed by atoms with Crippen LogP contribution in [-0.2, 0) is 4.74 Å². The van der Waals surface area contributed by atoms with E-state index in [1.165, 1.54) is 18.5 Å². The molecule has 0 N–H and O–H groups in total. The Morgan fingerprint density at radius 1 is 1.21 bits per heavy atom. The van der Waals surface area contributed by atoms with Crippen molar-refractivity contribution in [3.63, 3.8) is 0 Å². The highest BCUT2D eigenvalue weighted by molar-refractivity contribution is 5.94. The first-order valence-electron chi connectivity index (χ1n) is 7.68. The first-order valence-corrected chi connectivity index (χ1v) is 7.68. The molecule has 3 aromatic rings. The second kappa shape index (κ2) is 6.01. The summed E-state index contributed by atoms with van der Waals surface area (Å²) < 4.78 is 21.5. The lowest BCUT2D eigenvalue weighted by Gasteiger charge is -2.27. The number of amides is 1. The van der Waals surface area contributed by atoms with Gasteiger partial charge in [0.25, 0.3) is 5.91 Å². The van der Waals surface area contributed by atoms with Gasteiger partial charge >= 0.3 is 0 Å². The molecule has 0 spiro atoms. The molecule has 4 rings (SSSR count). The van der Waals surface area contributed by atoms with E-state index in [0.29, 0.717) is 37.6 Å².